The smallest absolute Gasteiger partial charge is 0.163 e. The summed E-state index contributed by atoms with van der Waals surface area (Å²) >= 11 is 0. The number of benzene rings is 2. The number of hydrogen-bond donors (Lipinski definition) is 0. The Balaban J connectivity index is 2.51. The molecule has 150 valence electrons. The minimum atomic E-state index is -0.0307. The van der Waals surface area contributed by atoms with Crippen molar-refractivity contribution in [3.05, 3.63) is 101 Å². The maximum atomic E-state index is 12.5. The van der Waals surface area contributed by atoms with Crippen LogP contribution in [0.3, 0.4) is 0 Å². The molecule has 0 N–H and O–H groups in total. The Kier molecular flexibility index (Phi) is 7.97. The lowest BCUT2D eigenvalue weighted by Gasteiger charge is -2.16. The number of carbonyl (C=O) groups excluding carboxylic acids is 1. The summed E-state index contributed by atoms with van der Waals surface area (Å²) in [5, 5.41) is 0. The van der Waals surface area contributed by atoms with Crippen LogP contribution in [0.1, 0.15) is 38.3 Å². The summed E-state index contributed by atoms with van der Waals surface area (Å²) < 4.78 is 5.71. The first-order valence-corrected chi connectivity index (χ1v) is 9.83. The fraction of sp³-hybridized carbons (Fsp3) is 0.222. The number of hydrogen-bond acceptors (Lipinski definition) is 2. The second-order valence-corrected chi connectivity index (χ2v) is 7.04. The summed E-state index contributed by atoms with van der Waals surface area (Å²) in [5.41, 5.74) is 6.97. The van der Waals surface area contributed by atoms with Gasteiger partial charge < -0.3 is 4.74 Å². The van der Waals surface area contributed by atoms with Gasteiger partial charge in [-0.2, -0.15) is 0 Å². The highest BCUT2D eigenvalue weighted by Gasteiger charge is 2.18. The monoisotopic (exact) mass is 386 g/mol. The molecule has 0 aliphatic heterocycles. The molecule has 0 heterocycles. The number of rotatable bonds is 8. The lowest BCUT2D eigenvalue weighted by Crippen LogP contribution is -2.08. The molecule has 0 saturated carbocycles. The molecule has 2 nitrogen and oxygen atoms in total. The van der Waals surface area contributed by atoms with Gasteiger partial charge in [-0.25, -0.2) is 0 Å². The molecule has 0 aliphatic carbocycles. The Bertz CT molecular complexity index is 953. The van der Waals surface area contributed by atoms with Crippen LogP contribution in [0.15, 0.2) is 90.2 Å². The summed E-state index contributed by atoms with van der Waals surface area (Å²) in [7, 11) is 1.61. The summed E-state index contributed by atoms with van der Waals surface area (Å²) in [6, 6.07) is 16.8. The van der Waals surface area contributed by atoms with Crippen molar-refractivity contribution in [2.24, 2.45) is 0 Å². The lowest BCUT2D eigenvalue weighted by molar-refractivity contribution is -0.113. The molecule has 0 unspecified atom stereocenters. The van der Waals surface area contributed by atoms with Crippen molar-refractivity contribution in [1.29, 1.82) is 0 Å². The molecular formula is C27H30O2. The van der Waals surface area contributed by atoms with Crippen LogP contribution in [0.5, 0.6) is 0 Å². The average Bonchev–Trinajstić information content (AvgIpc) is 2.73. The Hall–Kier alpha value is -3.13. The van der Waals surface area contributed by atoms with E-state index in [-0.39, 0.29) is 5.78 Å². The Morgan fingerprint density at radius 2 is 1.55 bits per heavy atom. The molecule has 0 fully saturated rings. The van der Waals surface area contributed by atoms with E-state index in [9.17, 15) is 4.79 Å². The molecule has 0 aromatic heterocycles. The van der Waals surface area contributed by atoms with Gasteiger partial charge in [-0.15, -0.1) is 0 Å². The highest BCUT2D eigenvalue weighted by molar-refractivity contribution is 6.00. The molecule has 0 atom stereocenters. The molecule has 2 aromatic carbocycles. The SMILES string of the molecule is C=C/C(C/C=C\C)=C(C(C)=O)/C(OC)=C(\C)c1ccc(-c2ccc(C)cc2)cc1. The van der Waals surface area contributed by atoms with Crippen LogP contribution < -0.4 is 0 Å². The highest BCUT2D eigenvalue weighted by Crippen LogP contribution is 2.30. The predicted octanol–water partition coefficient (Wildman–Crippen LogP) is 7.08. The van der Waals surface area contributed by atoms with Crippen molar-refractivity contribution < 1.29 is 9.53 Å². The maximum Gasteiger partial charge on any atom is 0.163 e. The Morgan fingerprint density at radius 3 is 2.00 bits per heavy atom. The van der Waals surface area contributed by atoms with Gasteiger partial charge in [-0.05, 0) is 62.0 Å². The van der Waals surface area contributed by atoms with E-state index in [1.54, 1.807) is 20.1 Å². The summed E-state index contributed by atoms with van der Waals surface area (Å²) in [6.07, 6.45) is 6.36. The number of aryl methyl sites for hydroxylation is 1. The second kappa shape index (κ2) is 10.4. The fourth-order valence-corrected chi connectivity index (χ4v) is 3.30. The maximum absolute atomic E-state index is 12.5. The largest absolute Gasteiger partial charge is 0.496 e. The molecule has 0 aliphatic rings. The number of methoxy groups -OCH3 is 1. The zero-order valence-electron chi connectivity index (χ0n) is 18.1. The van der Waals surface area contributed by atoms with E-state index in [4.69, 9.17) is 4.74 Å². The zero-order chi connectivity index (χ0) is 21.4. The van der Waals surface area contributed by atoms with E-state index < -0.39 is 0 Å². The van der Waals surface area contributed by atoms with Crippen molar-refractivity contribution in [3.63, 3.8) is 0 Å². The quantitative estimate of drug-likeness (QED) is 0.210. The second-order valence-electron chi connectivity index (χ2n) is 7.04. The molecule has 2 heteroatoms. The summed E-state index contributed by atoms with van der Waals surface area (Å²) in [6.45, 7) is 11.5. The van der Waals surface area contributed by atoms with Crippen LogP contribution >= 0.6 is 0 Å². The number of allylic oxidation sites excluding steroid dienone is 6. The van der Waals surface area contributed by atoms with E-state index in [0.29, 0.717) is 17.8 Å². The standard InChI is InChI=1S/C27H30O2/c1-7-9-10-22(8-2)26(21(5)28)27(29-6)20(4)23-15-17-25(18-16-23)24-13-11-19(3)12-14-24/h7-9,11-18H,2,10H2,1,3-6H3/b9-7-,26-22-,27-20-. The van der Waals surface area contributed by atoms with Crippen molar-refractivity contribution in [3.8, 4) is 11.1 Å². The molecule has 2 rings (SSSR count). The summed E-state index contributed by atoms with van der Waals surface area (Å²) in [4.78, 5) is 12.5. The number of carbonyl (C=O) groups is 1. The van der Waals surface area contributed by atoms with Crippen LogP contribution in [-0.2, 0) is 9.53 Å². The third-order valence-corrected chi connectivity index (χ3v) is 4.97. The van der Waals surface area contributed by atoms with Crippen LogP contribution in [0, 0.1) is 6.92 Å². The van der Waals surface area contributed by atoms with E-state index in [1.165, 1.54) is 11.1 Å². The normalized spacial score (nSPS) is 13.0. The van der Waals surface area contributed by atoms with Gasteiger partial charge >= 0.3 is 0 Å². The van der Waals surface area contributed by atoms with E-state index in [2.05, 4.69) is 62.0 Å². The van der Waals surface area contributed by atoms with Gasteiger partial charge in [0.05, 0.1) is 12.7 Å². The van der Waals surface area contributed by atoms with Crippen LogP contribution in [0.2, 0.25) is 0 Å². The van der Waals surface area contributed by atoms with Crippen molar-refractivity contribution in [2.75, 3.05) is 7.11 Å². The topological polar surface area (TPSA) is 26.3 Å². The number of ketones is 1. The van der Waals surface area contributed by atoms with Gasteiger partial charge in [0.1, 0.15) is 5.76 Å². The van der Waals surface area contributed by atoms with Gasteiger partial charge in [-0.3, -0.25) is 4.79 Å². The molecule has 0 spiro atoms. The molecule has 2 aromatic rings. The number of Topliss-reactive ketones (excluding diaryl/α,β-unsaturated/α-hetero) is 1. The molecule has 0 bridgehead atoms. The van der Waals surface area contributed by atoms with Gasteiger partial charge in [0.15, 0.2) is 5.78 Å². The van der Waals surface area contributed by atoms with Crippen molar-refractivity contribution >= 4 is 11.4 Å². The molecule has 0 radical (unpaired) electrons. The first kappa shape index (κ1) is 22.2. The minimum Gasteiger partial charge on any atom is -0.496 e. The fourth-order valence-electron chi connectivity index (χ4n) is 3.30. The molecule has 0 amide bonds. The predicted molar refractivity (Wildman–Crippen MR) is 124 cm³/mol. The van der Waals surface area contributed by atoms with Gasteiger partial charge in [0.25, 0.3) is 0 Å². The van der Waals surface area contributed by atoms with E-state index in [0.717, 1.165) is 22.3 Å². The van der Waals surface area contributed by atoms with Crippen molar-refractivity contribution in [2.45, 2.75) is 34.1 Å². The Labute approximate surface area is 174 Å². The van der Waals surface area contributed by atoms with Crippen LogP contribution in [0.4, 0.5) is 0 Å². The van der Waals surface area contributed by atoms with Crippen LogP contribution in [-0.4, -0.2) is 12.9 Å². The van der Waals surface area contributed by atoms with E-state index >= 15 is 0 Å². The first-order chi connectivity index (χ1) is 13.9. The van der Waals surface area contributed by atoms with Gasteiger partial charge in [-0.1, -0.05) is 78.9 Å². The van der Waals surface area contributed by atoms with Gasteiger partial charge in [0, 0.05) is 0 Å². The molecule has 29 heavy (non-hydrogen) atoms. The van der Waals surface area contributed by atoms with Crippen LogP contribution in [0.25, 0.3) is 16.7 Å². The molecular weight excluding hydrogens is 356 g/mol. The highest BCUT2D eigenvalue weighted by atomic mass is 16.5. The third kappa shape index (κ3) is 5.45. The average molecular weight is 387 g/mol. The first-order valence-electron chi connectivity index (χ1n) is 9.83. The number of ether oxygens (including phenoxy) is 1. The lowest BCUT2D eigenvalue weighted by atomic mass is 9.94. The van der Waals surface area contributed by atoms with Gasteiger partial charge in [0.2, 0.25) is 0 Å². The molecule has 0 saturated heterocycles. The zero-order valence-corrected chi connectivity index (χ0v) is 18.1. The summed E-state index contributed by atoms with van der Waals surface area (Å²) in [5.74, 6) is 0.567. The van der Waals surface area contributed by atoms with Crippen molar-refractivity contribution in [1.82, 2.24) is 0 Å². The Morgan fingerprint density at radius 1 is 1.00 bits per heavy atom. The third-order valence-electron chi connectivity index (χ3n) is 4.97. The minimum absolute atomic E-state index is 0.0307. The van der Waals surface area contributed by atoms with E-state index in [1.807, 2.05) is 26.0 Å².